The maximum atomic E-state index is 2.64. The summed E-state index contributed by atoms with van der Waals surface area (Å²) in [6, 6.07) is 52.8. The second-order valence-corrected chi connectivity index (χ2v) is 24.3. The van der Waals surface area contributed by atoms with Crippen molar-refractivity contribution in [2.45, 2.75) is 90.9 Å². The van der Waals surface area contributed by atoms with Gasteiger partial charge in [0.25, 0.3) is 0 Å². The molecule has 58 heavy (non-hydrogen) atoms. The molecule has 0 fully saturated rings. The molecule has 0 amide bonds. The van der Waals surface area contributed by atoms with Gasteiger partial charge < -0.3 is 24.8 Å². The first kappa shape index (κ1) is 43.7. The third-order valence-corrected chi connectivity index (χ3v) is 20.0. The van der Waals surface area contributed by atoms with E-state index in [4.69, 9.17) is 0 Å². The van der Waals surface area contributed by atoms with E-state index in [0.29, 0.717) is 0 Å². The third-order valence-electron chi connectivity index (χ3n) is 11.9. The van der Waals surface area contributed by atoms with E-state index in [0.717, 1.165) is 38.5 Å². The standard InChI is InChI=1S/C33H33.C17H18.C5H5.2ClH.Zr/c1-32(2,3)30-20-26-24(18-28(30)22-13-9-7-10-14-22)17-25-19-29(23-15-11-8-12-16-23)31(21-27(25)26)33(4,5)6;1-4-10-16(11-5-1)14-8-3-9-15-17-12-6-2-7-13-17;1-2-4-5-3-1;;;/h7-16,18,20-21H,17H2,1-6H3;1-2,4-7,10-13H,8-9,14-15H2;1-3H,4H2;2*1H;/q;;;;;+2/p-2. The van der Waals surface area contributed by atoms with E-state index in [1.807, 2.05) is 3.21 Å². The van der Waals surface area contributed by atoms with Gasteiger partial charge in [-0.05, 0) is 0 Å². The Morgan fingerprint density at radius 1 is 0.552 bits per heavy atom. The Hall–Kier alpha value is -3.87. The number of hydrogen-bond acceptors (Lipinski definition) is 0. The van der Waals surface area contributed by atoms with E-state index in [1.165, 1.54) is 61.2 Å². The molecule has 0 bridgehead atoms. The summed E-state index contributed by atoms with van der Waals surface area (Å²) < 4.78 is 5.31. The summed E-state index contributed by atoms with van der Waals surface area (Å²) in [5.41, 5.74) is 17.4. The van der Waals surface area contributed by atoms with Crippen LogP contribution in [0.1, 0.15) is 94.2 Å². The van der Waals surface area contributed by atoms with Crippen molar-refractivity contribution in [3.05, 3.63) is 194 Å². The second-order valence-electron chi connectivity index (χ2n) is 17.9. The van der Waals surface area contributed by atoms with Crippen LogP contribution in [-0.2, 0) is 51.4 Å². The smallest absolute Gasteiger partial charge is 1.00 e. The number of benzene rings is 6. The average molecular weight is 879 g/mol. The number of fused-ring (bicyclic) bond motifs is 3. The van der Waals surface area contributed by atoms with Crippen LogP contribution in [0.5, 0.6) is 0 Å². The summed E-state index contributed by atoms with van der Waals surface area (Å²) >= 11 is -2.82. The molecule has 0 spiro atoms. The SMILES string of the molecule is CC(C)(C)c1cc2c(cc1-c1ccccc1)Cc1c-2cc(C(C)(C)C)c(-c2ccccc2)[c]1[Zr+2]([C]1=CC=CC1)=[C](CCc1ccccc1)CCc1ccccc1.[Cl-].[Cl-]. The molecule has 294 valence electrons. The van der Waals surface area contributed by atoms with E-state index >= 15 is 0 Å². The van der Waals surface area contributed by atoms with Crippen LogP contribution in [-0.4, -0.2) is 3.21 Å². The van der Waals surface area contributed by atoms with Gasteiger partial charge in [-0.2, -0.15) is 0 Å². The van der Waals surface area contributed by atoms with Gasteiger partial charge in [-0.15, -0.1) is 0 Å². The maximum absolute atomic E-state index is 2.82. The zero-order chi connectivity index (χ0) is 38.9. The van der Waals surface area contributed by atoms with Crippen molar-refractivity contribution in [3.63, 3.8) is 0 Å². The Morgan fingerprint density at radius 2 is 1.05 bits per heavy atom. The van der Waals surface area contributed by atoms with Crippen molar-refractivity contribution < 1.29 is 46.1 Å². The van der Waals surface area contributed by atoms with Gasteiger partial charge in [0.15, 0.2) is 0 Å². The van der Waals surface area contributed by atoms with Crippen molar-refractivity contribution in [2.24, 2.45) is 0 Å². The predicted octanol–water partition coefficient (Wildman–Crippen LogP) is 7.72. The third kappa shape index (κ3) is 9.29. The summed E-state index contributed by atoms with van der Waals surface area (Å²) in [5.74, 6) is 0. The molecule has 0 saturated heterocycles. The quantitative estimate of drug-likeness (QED) is 0.132. The molecule has 6 aromatic carbocycles. The van der Waals surface area contributed by atoms with E-state index in [2.05, 4.69) is 199 Å². The van der Waals surface area contributed by atoms with Crippen molar-refractivity contribution in [1.29, 1.82) is 0 Å². The molecular formula is C55H56Cl2Zr. The molecule has 0 nitrogen and oxygen atoms in total. The van der Waals surface area contributed by atoms with Crippen LogP contribution in [0.25, 0.3) is 33.4 Å². The van der Waals surface area contributed by atoms with Crippen LogP contribution < -0.4 is 28.1 Å². The topological polar surface area (TPSA) is 0 Å². The molecule has 2 aliphatic carbocycles. The summed E-state index contributed by atoms with van der Waals surface area (Å²) in [6.07, 6.45) is 13.9. The average Bonchev–Trinajstić information content (AvgIpc) is 3.87. The van der Waals surface area contributed by atoms with Crippen molar-refractivity contribution in [2.75, 3.05) is 0 Å². The van der Waals surface area contributed by atoms with Gasteiger partial charge in [0, 0.05) is 0 Å². The first-order valence-corrected chi connectivity index (χ1v) is 24.4. The number of halogens is 2. The summed E-state index contributed by atoms with van der Waals surface area (Å²) in [6.45, 7) is 14.5. The molecule has 0 saturated carbocycles. The molecule has 6 aromatic rings. The molecule has 0 radical (unpaired) electrons. The van der Waals surface area contributed by atoms with Crippen LogP contribution >= 0.6 is 0 Å². The largest absolute Gasteiger partial charge is 1.00 e. The van der Waals surface area contributed by atoms with E-state index in [-0.39, 0.29) is 35.6 Å². The van der Waals surface area contributed by atoms with Gasteiger partial charge in [0.1, 0.15) is 0 Å². The Balaban J connectivity index is 0.00000283. The number of allylic oxidation sites excluding steroid dienone is 4. The summed E-state index contributed by atoms with van der Waals surface area (Å²) in [7, 11) is 0. The second kappa shape index (κ2) is 18.6. The van der Waals surface area contributed by atoms with Gasteiger partial charge in [0.05, 0.1) is 0 Å². The van der Waals surface area contributed by atoms with E-state index in [1.54, 1.807) is 12.1 Å². The van der Waals surface area contributed by atoms with Crippen LogP contribution in [0.4, 0.5) is 0 Å². The molecule has 0 N–H and O–H groups in total. The van der Waals surface area contributed by atoms with Gasteiger partial charge in [-0.1, -0.05) is 0 Å². The zero-order valence-corrected chi connectivity index (χ0v) is 39.0. The van der Waals surface area contributed by atoms with Gasteiger partial charge >= 0.3 is 346 Å². The van der Waals surface area contributed by atoms with Crippen LogP contribution in [0, 0.1) is 0 Å². The first-order chi connectivity index (χ1) is 27.1. The Labute approximate surface area is 368 Å². The van der Waals surface area contributed by atoms with Crippen LogP contribution in [0.2, 0.25) is 0 Å². The Kier molecular flexibility index (Phi) is 14.0. The van der Waals surface area contributed by atoms with E-state index < -0.39 is 21.3 Å². The van der Waals surface area contributed by atoms with Crippen LogP contribution in [0.3, 0.4) is 0 Å². The molecule has 0 atom stereocenters. The van der Waals surface area contributed by atoms with Crippen molar-refractivity contribution >= 4 is 6.48 Å². The molecule has 3 heteroatoms. The monoisotopic (exact) mass is 876 g/mol. The van der Waals surface area contributed by atoms with Crippen LogP contribution in [0.15, 0.2) is 161 Å². The molecule has 0 unspecified atom stereocenters. The zero-order valence-electron chi connectivity index (χ0n) is 35.0. The fraction of sp³-hybridized carbons (Fsp3) is 0.255. The first-order valence-electron chi connectivity index (χ1n) is 20.7. The molecular weight excluding hydrogens is 823 g/mol. The minimum absolute atomic E-state index is 0. The summed E-state index contributed by atoms with van der Waals surface area (Å²) in [4.78, 5) is 0. The van der Waals surface area contributed by atoms with Gasteiger partial charge in [-0.25, -0.2) is 0 Å². The molecule has 0 aromatic heterocycles. The molecule has 0 aliphatic heterocycles. The van der Waals surface area contributed by atoms with Gasteiger partial charge in [0.2, 0.25) is 0 Å². The maximum Gasteiger partial charge on any atom is -1.00 e. The molecule has 2 aliphatic rings. The normalized spacial score (nSPS) is 12.7. The predicted molar refractivity (Wildman–Crippen MR) is 239 cm³/mol. The number of rotatable bonds is 10. The van der Waals surface area contributed by atoms with Crippen molar-refractivity contribution in [1.82, 2.24) is 0 Å². The Morgan fingerprint density at radius 3 is 1.55 bits per heavy atom. The molecule has 0 heterocycles. The Bertz CT molecular complexity index is 2400. The number of aryl methyl sites for hydroxylation is 2. The fourth-order valence-electron chi connectivity index (χ4n) is 9.08. The van der Waals surface area contributed by atoms with E-state index in [9.17, 15) is 0 Å². The summed E-state index contributed by atoms with van der Waals surface area (Å²) in [5, 5.41) is 0. The minimum Gasteiger partial charge on any atom is -1.00 e. The van der Waals surface area contributed by atoms with Crippen molar-refractivity contribution in [3.8, 4) is 33.4 Å². The number of hydrogen-bond donors (Lipinski definition) is 0. The minimum atomic E-state index is -2.82. The van der Waals surface area contributed by atoms with Gasteiger partial charge in [-0.3, -0.25) is 0 Å². The molecule has 8 rings (SSSR count). The fourth-order valence-corrected chi connectivity index (χ4v) is 17.7.